The minimum absolute atomic E-state index is 0.204. The molecule has 2 aromatic rings. The second kappa shape index (κ2) is 4.79. The molecule has 94 valence electrons. The first-order chi connectivity index (χ1) is 8.58. The summed E-state index contributed by atoms with van der Waals surface area (Å²) in [5, 5.41) is 0. The maximum absolute atomic E-state index is 11.2. The maximum Gasteiger partial charge on any atom is 0.252 e. The molecule has 2 rings (SSSR count). The van der Waals surface area contributed by atoms with Crippen LogP contribution in [0.5, 0.6) is 5.75 Å². The van der Waals surface area contributed by atoms with Crippen molar-refractivity contribution in [1.82, 2.24) is 9.97 Å². The van der Waals surface area contributed by atoms with Crippen LogP contribution in [0.25, 0.3) is 0 Å². The van der Waals surface area contributed by atoms with E-state index >= 15 is 0 Å². The van der Waals surface area contributed by atoms with Crippen LogP contribution in [-0.4, -0.2) is 17.1 Å². The van der Waals surface area contributed by atoms with Crippen molar-refractivity contribution < 1.29 is 4.74 Å². The Kier molecular flexibility index (Phi) is 3.18. The molecule has 0 unspecified atom stereocenters. The van der Waals surface area contributed by atoms with E-state index in [1.165, 1.54) is 6.07 Å². The number of aromatic amines is 1. The van der Waals surface area contributed by atoms with Crippen LogP contribution in [0.1, 0.15) is 11.4 Å². The Bertz CT molecular complexity index is 622. The first kappa shape index (κ1) is 12.0. The van der Waals surface area contributed by atoms with E-state index in [1.54, 1.807) is 19.2 Å². The Morgan fingerprint density at radius 3 is 2.72 bits per heavy atom. The molecule has 0 fully saturated rings. The third kappa shape index (κ3) is 2.60. The normalized spacial score (nSPS) is 10.3. The van der Waals surface area contributed by atoms with Crippen LogP contribution in [0.4, 0.5) is 11.5 Å². The Hall–Kier alpha value is -2.50. The number of nitrogens with zero attached hydrogens (tertiary/aromatic N) is 1. The van der Waals surface area contributed by atoms with Crippen molar-refractivity contribution in [3.8, 4) is 5.75 Å². The van der Waals surface area contributed by atoms with E-state index in [4.69, 9.17) is 16.2 Å². The van der Waals surface area contributed by atoms with Crippen molar-refractivity contribution in [2.24, 2.45) is 0 Å². The number of benzene rings is 1. The summed E-state index contributed by atoms with van der Waals surface area (Å²) in [5.74, 6) is 1.33. The predicted molar refractivity (Wildman–Crippen MR) is 69.5 cm³/mol. The molecule has 0 bridgehead atoms. The molecule has 5 N–H and O–H groups in total. The van der Waals surface area contributed by atoms with Crippen molar-refractivity contribution in [2.45, 2.75) is 6.42 Å². The van der Waals surface area contributed by atoms with Gasteiger partial charge in [-0.3, -0.25) is 4.79 Å². The Morgan fingerprint density at radius 1 is 1.33 bits per heavy atom. The van der Waals surface area contributed by atoms with Crippen LogP contribution in [0.3, 0.4) is 0 Å². The van der Waals surface area contributed by atoms with Crippen molar-refractivity contribution in [2.75, 3.05) is 18.6 Å². The van der Waals surface area contributed by atoms with Gasteiger partial charge in [0.15, 0.2) is 0 Å². The fourth-order valence-electron chi connectivity index (χ4n) is 1.70. The summed E-state index contributed by atoms with van der Waals surface area (Å²) in [5.41, 5.74) is 12.5. The van der Waals surface area contributed by atoms with Crippen LogP contribution in [0.2, 0.25) is 0 Å². The Labute approximate surface area is 104 Å². The highest BCUT2D eigenvalue weighted by Crippen LogP contribution is 2.22. The van der Waals surface area contributed by atoms with Gasteiger partial charge in [0, 0.05) is 12.5 Å². The van der Waals surface area contributed by atoms with Gasteiger partial charge in [-0.2, -0.15) is 0 Å². The number of hydrogen-bond acceptors (Lipinski definition) is 5. The van der Waals surface area contributed by atoms with E-state index in [0.29, 0.717) is 23.7 Å². The van der Waals surface area contributed by atoms with Gasteiger partial charge in [-0.1, -0.05) is 6.07 Å². The number of hydrogen-bond donors (Lipinski definition) is 3. The minimum Gasteiger partial charge on any atom is -0.495 e. The zero-order chi connectivity index (χ0) is 13.1. The lowest BCUT2D eigenvalue weighted by atomic mass is 10.1. The number of ether oxygens (including phenoxy) is 1. The second-order valence-electron chi connectivity index (χ2n) is 3.87. The van der Waals surface area contributed by atoms with Gasteiger partial charge in [-0.25, -0.2) is 4.98 Å². The average molecular weight is 246 g/mol. The number of aromatic nitrogens is 2. The molecule has 0 amide bonds. The van der Waals surface area contributed by atoms with Crippen LogP contribution < -0.4 is 21.8 Å². The third-order valence-corrected chi connectivity index (χ3v) is 2.48. The quantitative estimate of drug-likeness (QED) is 0.685. The van der Waals surface area contributed by atoms with Gasteiger partial charge in [0.05, 0.1) is 12.8 Å². The second-order valence-corrected chi connectivity index (χ2v) is 3.87. The molecule has 1 aromatic carbocycles. The summed E-state index contributed by atoms with van der Waals surface area (Å²) in [6, 6.07) is 6.65. The van der Waals surface area contributed by atoms with E-state index < -0.39 is 0 Å². The average Bonchev–Trinajstić information content (AvgIpc) is 2.27. The fourth-order valence-corrected chi connectivity index (χ4v) is 1.70. The molecular weight excluding hydrogens is 232 g/mol. The summed E-state index contributed by atoms with van der Waals surface area (Å²) in [4.78, 5) is 17.9. The number of nitrogens with one attached hydrogen (secondary N) is 1. The smallest absolute Gasteiger partial charge is 0.252 e. The lowest BCUT2D eigenvalue weighted by molar-refractivity contribution is 0.417. The molecule has 0 spiro atoms. The molecule has 18 heavy (non-hydrogen) atoms. The zero-order valence-corrected chi connectivity index (χ0v) is 9.93. The summed E-state index contributed by atoms with van der Waals surface area (Å²) in [7, 11) is 1.56. The summed E-state index contributed by atoms with van der Waals surface area (Å²) >= 11 is 0. The molecule has 0 saturated carbocycles. The molecule has 6 nitrogen and oxygen atoms in total. The van der Waals surface area contributed by atoms with Crippen molar-refractivity contribution in [1.29, 1.82) is 0 Å². The SMILES string of the molecule is COc1ccc(Cc2nc(N)cc(=O)[nH]2)cc1N. The van der Waals surface area contributed by atoms with Gasteiger partial charge in [0.2, 0.25) is 0 Å². The number of anilines is 2. The molecular formula is C12H14N4O2. The number of rotatable bonds is 3. The van der Waals surface area contributed by atoms with Crippen molar-refractivity contribution >= 4 is 11.5 Å². The summed E-state index contributed by atoms with van der Waals surface area (Å²) in [6.45, 7) is 0. The van der Waals surface area contributed by atoms with Crippen molar-refractivity contribution in [3.63, 3.8) is 0 Å². The molecule has 1 aromatic heterocycles. The van der Waals surface area contributed by atoms with Crippen LogP contribution in [0, 0.1) is 0 Å². The molecule has 0 aliphatic carbocycles. The Balaban J connectivity index is 2.28. The van der Waals surface area contributed by atoms with E-state index in [-0.39, 0.29) is 11.4 Å². The van der Waals surface area contributed by atoms with E-state index in [1.807, 2.05) is 6.07 Å². The third-order valence-electron chi connectivity index (χ3n) is 2.48. The van der Waals surface area contributed by atoms with E-state index in [0.717, 1.165) is 5.56 Å². The first-order valence-corrected chi connectivity index (χ1v) is 5.36. The molecule has 0 radical (unpaired) electrons. The summed E-state index contributed by atoms with van der Waals surface area (Å²) < 4.78 is 5.07. The minimum atomic E-state index is -0.265. The van der Waals surface area contributed by atoms with Gasteiger partial charge < -0.3 is 21.2 Å². The fraction of sp³-hybridized carbons (Fsp3) is 0.167. The lowest BCUT2D eigenvalue weighted by Crippen LogP contribution is -2.12. The largest absolute Gasteiger partial charge is 0.495 e. The highest BCUT2D eigenvalue weighted by atomic mass is 16.5. The van der Waals surface area contributed by atoms with Gasteiger partial charge in [-0.15, -0.1) is 0 Å². The van der Waals surface area contributed by atoms with Gasteiger partial charge >= 0.3 is 0 Å². The number of methoxy groups -OCH3 is 1. The van der Waals surface area contributed by atoms with E-state index in [9.17, 15) is 4.79 Å². The van der Waals surface area contributed by atoms with Gasteiger partial charge in [0.1, 0.15) is 17.4 Å². The van der Waals surface area contributed by atoms with E-state index in [2.05, 4.69) is 9.97 Å². The monoisotopic (exact) mass is 246 g/mol. The molecule has 0 aliphatic heterocycles. The predicted octanol–water partition coefficient (Wildman–Crippen LogP) is 0.534. The highest BCUT2D eigenvalue weighted by Gasteiger charge is 2.04. The number of nitrogens with two attached hydrogens (primary N) is 2. The molecule has 0 atom stereocenters. The molecule has 1 heterocycles. The zero-order valence-electron chi connectivity index (χ0n) is 9.93. The maximum atomic E-state index is 11.2. The standard InChI is InChI=1S/C12H14N4O2/c1-18-9-3-2-7(4-8(9)13)5-11-15-10(14)6-12(17)16-11/h2-4,6H,5,13H2,1H3,(H3,14,15,16,17). The number of nitrogen functional groups attached to an aromatic ring is 2. The topological polar surface area (TPSA) is 107 Å². The molecule has 6 heteroatoms. The lowest BCUT2D eigenvalue weighted by Gasteiger charge is -2.07. The van der Waals surface area contributed by atoms with Crippen LogP contribution >= 0.6 is 0 Å². The highest BCUT2D eigenvalue weighted by molar-refractivity contribution is 5.54. The Morgan fingerprint density at radius 2 is 2.11 bits per heavy atom. The summed E-state index contributed by atoms with van der Waals surface area (Å²) in [6.07, 6.45) is 0.453. The van der Waals surface area contributed by atoms with Gasteiger partial charge in [-0.05, 0) is 17.7 Å². The van der Waals surface area contributed by atoms with Gasteiger partial charge in [0.25, 0.3) is 5.56 Å². The van der Waals surface area contributed by atoms with Crippen LogP contribution in [0.15, 0.2) is 29.1 Å². The number of H-pyrrole nitrogens is 1. The first-order valence-electron chi connectivity index (χ1n) is 5.36. The van der Waals surface area contributed by atoms with Crippen molar-refractivity contribution in [3.05, 3.63) is 46.0 Å². The van der Waals surface area contributed by atoms with Crippen LogP contribution in [-0.2, 0) is 6.42 Å². The molecule has 0 aliphatic rings. The molecule has 0 saturated heterocycles.